The number of carbonyl (C=O) groups is 1. The molecule has 0 unspecified atom stereocenters. The Balaban J connectivity index is 1.23. The SMILES string of the molecule is CS(=O)(=O)CCc1cc(F)cc(-c2ccnc3[nH]c(-c4n[nH]c5ccc(-c6cncc(NC(=O)C7CCC7)c6)nc45)cc23)c1. The van der Waals surface area contributed by atoms with Gasteiger partial charge in [-0.05, 0) is 78.4 Å². The number of rotatable bonds is 8. The molecule has 1 aliphatic carbocycles. The van der Waals surface area contributed by atoms with E-state index in [1.54, 1.807) is 24.7 Å². The summed E-state index contributed by atoms with van der Waals surface area (Å²) in [5.74, 6) is -0.420. The molecule has 0 aliphatic heterocycles. The first kappa shape index (κ1) is 27.8. The standard InChI is InChI=1S/C32H28FN7O3S/c1-44(42,43)10-8-18-11-20(13-22(33)12-18)24-7-9-35-31-25(24)15-28(38-31)30-29-27(39-40-30)6-5-26(37-29)21-14-23(17-34-16-21)36-32(41)19-3-2-4-19/h5-7,9,11-17,19H,2-4,8,10H2,1H3,(H,35,38)(H,36,41)(H,39,40). The van der Waals surface area contributed by atoms with E-state index in [1.165, 1.54) is 18.4 Å². The Morgan fingerprint density at radius 3 is 2.73 bits per heavy atom. The molecule has 0 bridgehead atoms. The number of amides is 1. The molecule has 7 rings (SSSR count). The fourth-order valence-electron chi connectivity index (χ4n) is 5.47. The Bertz CT molecular complexity index is 2170. The third-order valence-electron chi connectivity index (χ3n) is 8.00. The number of aromatic nitrogens is 6. The number of halogens is 1. The van der Waals surface area contributed by atoms with E-state index >= 15 is 0 Å². The molecule has 12 heteroatoms. The van der Waals surface area contributed by atoms with E-state index in [9.17, 15) is 17.6 Å². The summed E-state index contributed by atoms with van der Waals surface area (Å²) in [5.41, 5.74) is 7.23. The van der Waals surface area contributed by atoms with Gasteiger partial charge in [0, 0.05) is 35.5 Å². The van der Waals surface area contributed by atoms with Crippen LogP contribution in [0.3, 0.4) is 0 Å². The molecule has 44 heavy (non-hydrogen) atoms. The summed E-state index contributed by atoms with van der Waals surface area (Å²) in [6.45, 7) is 0. The Morgan fingerprint density at radius 1 is 1.07 bits per heavy atom. The summed E-state index contributed by atoms with van der Waals surface area (Å²) >= 11 is 0. The topological polar surface area (TPSA) is 146 Å². The van der Waals surface area contributed by atoms with Crippen molar-refractivity contribution in [1.29, 1.82) is 0 Å². The molecule has 6 aromatic rings. The first-order valence-corrected chi connectivity index (χ1v) is 16.3. The van der Waals surface area contributed by atoms with Crippen molar-refractivity contribution in [3.8, 4) is 33.8 Å². The minimum atomic E-state index is -3.19. The van der Waals surface area contributed by atoms with Gasteiger partial charge in [0.2, 0.25) is 5.91 Å². The number of benzene rings is 1. The van der Waals surface area contributed by atoms with Gasteiger partial charge >= 0.3 is 0 Å². The van der Waals surface area contributed by atoms with E-state index in [-0.39, 0.29) is 24.0 Å². The van der Waals surface area contributed by atoms with Gasteiger partial charge in [-0.25, -0.2) is 22.8 Å². The van der Waals surface area contributed by atoms with Crippen LogP contribution in [0.15, 0.2) is 67.1 Å². The third-order valence-corrected chi connectivity index (χ3v) is 8.95. The summed E-state index contributed by atoms with van der Waals surface area (Å²) in [5, 5.41) is 11.3. The fraction of sp³-hybridized carbons (Fsp3) is 0.219. The van der Waals surface area contributed by atoms with Crippen LogP contribution in [0.1, 0.15) is 24.8 Å². The molecule has 10 nitrogen and oxygen atoms in total. The Labute approximate surface area is 252 Å². The highest BCUT2D eigenvalue weighted by atomic mass is 32.2. The molecule has 0 atom stereocenters. The molecule has 5 heterocycles. The second-order valence-corrected chi connectivity index (χ2v) is 13.5. The highest BCUT2D eigenvalue weighted by Crippen LogP contribution is 2.34. The zero-order chi connectivity index (χ0) is 30.4. The predicted octanol–water partition coefficient (Wildman–Crippen LogP) is 5.70. The van der Waals surface area contributed by atoms with Gasteiger partial charge in [0.25, 0.3) is 0 Å². The first-order valence-electron chi connectivity index (χ1n) is 14.3. The number of nitrogens with zero attached hydrogens (tertiary/aromatic N) is 4. The molecule has 3 N–H and O–H groups in total. The largest absolute Gasteiger partial charge is 0.338 e. The Kier molecular flexibility index (Phi) is 6.92. The van der Waals surface area contributed by atoms with Crippen LogP contribution in [0.25, 0.3) is 55.8 Å². The van der Waals surface area contributed by atoms with E-state index in [0.29, 0.717) is 45.1 Å². The van der Waals surface area contributed by atoms with Crippen molar-refractivity contribution < 1.29 is 17.6 Å². The maximum atomic E-state index is 14.6. The highest BCUT2D eigenvalue weighted by Gasteiger charge is 2.25. The first-order chi connectivity index (χ1) is 21.2. The van der Waals surface area contributed by atoms with Crippen LogP contribution >= 0.6 is 0 Å². The van der Waals surface area contributed by atoms with Gasteiger partial charge in [-0.3, -0.25) is 14.9 Å². The number of carbonyl (C=O) groups excluding carboxylic acids is 1. The number of H-pyrrole nitrogens is 2. The minimum absolute atomic E-state index is 0.0193. The normalized spacial score (nSPS) is 13.8. The van der Waals surface area contributed by atoms with Gasteiger partial charge in [0.15, 0.2) is 0 Å². The van der Waals surface area contributed by atoms with E-state index in [2.05, 4.69) is 30.5 Å². The molecule has 1 fully saturated rings. The van der Waals surface area contributed by atoms with Crippen LogP contribution < -0.4 is 5.32 Å². The Morgan fingerprint density at radius 2 is 1.93 bits per heavy atom. The van der Waals surface area contributed by atoms with Crippen LogP contribution in [0, 0.1) is 11.7 Å². The molecule has 222 valence electrons. The number of anilines is 1. The van der Waals surface area contributed by atoms with Crippen molar-refractivity contribution in [2.45, 2.75) is 25.7 Å². The van der Waals surface area contributed by atoms with Crippen LogP contribution in [0.2, 0.25) is 0 Å². The summed E-state index contributed by atoms with van der Waals surface area (Å²) in [4.78, 5) is 29.5. The number of aromatic amines is 2. The van der Waals surface area contributed by atoms with Crippen molar-refractivity contribution in [1.82, 2.24) is 30.1 Å². The summed E-state index contributed by atoms with van der Waals surface area (Å²) in [6.07, 6.45) is 9.28. The van der Waals surface area contributed by atoms with E-state index in [4.69, 9.17) is 4.98 Å². The van der Waals surface area contributed by atoms with Crippen molar-refractivity contribution in [3.63, 3.8) is 0 Å². The van der Waals surface area contributed by atoms with Gasteiger partial charge in [-0.2, -0.15) is 5.10 Å². The smallest absolute Gasteiger partial charge is 0.227 e. The van der Waals surface area contributed by atoms with Gasteiger partial charge in [-0.1, -0.05) is 12.5 Å². The van der Waals surface area contributed by atoms with Crippen LogP contribution in [0.4, 0.5) is 10.1 Å². The van der Waals surface area contributed by atoms with Crippen molar-refractivity contribution >= 4 is 43.5 Å². The summed E-state index contributed by atoms with van der Waals surface area (Å²) < 4.78 is 38.0. The molecule has 0 radical (unpaired) electrons. The number of nitrogens with one attached hydrogen (secondary N) is 3. The second kappa shape index (κ2) is 10.9. The number of hydrogen-bond acceptors (Lipinski definition) is 7. The molecule has 1 amide bonds. The van der Waals surface area contributed by atoms with Crippen LogP contribution in [-0.4, -0.2) is 56.5 Å². The number of pyridine rings is 3. The molecule has 5 aromatic heterocycles. The monoisotopic (exact) mass is 609 g/mol. The lowest BCUT2D eigenvalue weighted by Gasteiger charge is -2.24. The highest BCUT2D eigenvalue weighted by molar-refractivity contribution is 7.90. The number of sulfone groups is 1. The summed E-state index contributed by atoms with van der Waals surface area (Å²) in [6, 6.07) is 13.9. The lowest BCUT2D eigenvalue weighted by atomic mass is 9.85. The minimum Gasteiger partial charge on any atom is -0.338 e. The summed E-state index contributed by atoms with van der Waals surface area (Å²) in [7, 11) is -3.19. The molecular formula is C32H28FN7O3S. The van der Waals surface area contributed by atoms with Gasteiger partial charge in [0.1, 0.15) is 32.5 Å². The van der Waals surface area contributed by atoms with Crippen molar-refractivity contribution in [2.24, 2.45) is 5.92 Å². The van der Waals surface area contributed by atoms with Crippen LogP contribution in [-0.2, 0) is 21.1 Å². The van der Waals surface area contributed by atoms with E-state index in [1.807, 2.05) is 30.3 Å². The van der Waals surface area contributed by atoms with Crippen molar-refractivity contribution in [2.75, 3.05) is 17.3 Å². The lowest BCUT2D eigenvalue weighted by molar-refractivity contribution is -0.122. The molecular weight excluding hydrogens is 581 g/mol. The van der Waals surface area contributed by atoms with Gasteiger partial charge < -0.3 is 10.3 Å². The lowest BCUT2D eigenvalue weighted by Crippen LogP contribution is -2.28. The Hall–Kier alpha value is -4.97. The maximum Gasteiger partial charge on any atom is 0.227 e. The molecule has 1 aliphatic rings. The molecule has 0 saturated heterocycles. The fourth-order valence-corrected chi connectivity index (χ4v) is 6.08. The number of hydrogen-bond donors (Lipinski definition) is 3. The zero-order valence-corrected chi connectivity index (χ0v) is 24.6. The molecule has 0 spiro atoms. The van der Waals surface area contributed by atoms with Crippen molar-refractivity contribution in [3.05, 3.63) is 78.5 Å². The zero-order valence-electron chi connectivity index (χ0n) is 23.8. The van der Waals surface area contributed by atoms with Gasteiger partial charge in [0.05, 0.1) is 34.5 Å². The maximum absolute atomic E-state index is 14.6. The van der Waals surface area contributed by atoms with Crippen LogP contribution in [0.5, 0.6) is 0 Å². The van der Waals surface area contributed by atoms with Gasteiger partial charge in [-0.15, -0.1) is 0 Å². The third kappa shape index (κ3) is 5.55. The molecule has 1 saturated carbocycles. The number of fused-ring (bicyclic) bond motifs is 2. The predicted molar refractivity (Wildman–Crippen MR) is 167 cm³/mol. The van der Waals surface area contributed by atoms with E-state index in [0.717, 1.165) is 41.3 Å². The quantitative estimate of drug-likeness (QED) is 0.201. The second-order valence-electron chi connectivity index (χ2n) is 11.3. The van der Waals surface area contributed by atoms with E-state index < -0.39 is 15.7 Å². The molecule has 1 aromatic carbocycles. The average molecular weight is 610 g/mol. The number of aryl methyl sites for hydroxylation is 1. The average Bonchev–Trinajstić information content (AvgIpc) is 3.58.